The number of hydrogen-bond donors (Lipinski definition) is 1. The van der Waals surface area contributed by atoms with Crippen molar-refractivity contribution in [1.82, 2.24) is 0 Å². The summed E-state index contributed by atoms with van der Waals surface area (Å²) in [7, 11) is 2.01. The van der Waals surface area contributed by atoms with Crippen LogP contribution in [0.1, 0.15) is 13.8 Å². The number of nitrogens with zero attached hydrogens (tertiary/aromatic N) is 1. The van der Waals surface area contributed by atoms with Gasteiger partial charge < -0.3 is 14.8 Å². The fourth-order valence-electron chi connectivity index (χ4n) is 1.77. The van der Waals surface area contributed by atoms with Crippen molar-refractivity contribution in [2.75, 3.05) is 18.6 Å². The Hall–Kier alpha value is -1.88. The Bertz CT molecular complexity index is 428. The normalized spacial score (nSPS) is 16.9. The largest absolute Gasteiger partial charge is 0.550 e. The molecule has 92 valence electrons. The molecule has 0 fully saturated rings. The van der Waals surface area contributed by atoms with Crippen LogP contribution in [0.25, 0.3) is 0 Å². The molecule has 0 saturated carbocycles. The highest BCUT2D eigenvalue weighted by Gasteiger charge is 2.30. The number of quaternary nitrogens is 1. The SMILES string of the molecule is CC(=O)[NH+]1CN(C)c2ccccc21.CC(=O)[O-]. The smallest absolute Gasteiger partial charge is 0.315 e. The highest BCUT2D eigenvalue weighted by molar-refractivity contribution is 5.74. The van der Waals surface area contributed by atoms with Crippen LogP contribution >= 0.6 is 0 Å². The van der Waals surface area contributed by atoms with Crippen molar-refractivity contribution < 1.29 is 19.6 Å². The number of aliphatic carboxylic acids is 1. The van der Waals surface area contributed by atoms with Crippen molar-refractivity contribution in [2.24, 2.45) is 0 Å². The summed E-state index contributed by atoms with van der Waals surface area (Å²) in [6.07, 6.45) is 0. The molecule has 1 aliphatic heterocycles. The summed E-state index contributed by atoms with van der Waals surface area (Å²) in [4.78, 5) is 23.2. The summed E-state index contributed by atoms with van der Waals surface area (Å²) in [5.74, 6) is -0.906. The summed E-state index contributed by atoms with van der Waals surface area (Å²) in [5, 5.41) is 8.89. The molecule has 0 bridgehead atoms. The van der Waals surface area contributed by atoms with Crippen LogP contribution in [0.4, 0.5) is 11.4 Å². The maximum atomic E-state index is 11.3. The Morgan fingerprint density at radius 2 is 1.82 bits per heavy atom. The average Bonchev–Trinajstić information content (AvgIpc) is 2.56. The maximum absolute atomic E-state index is 11.3. The average molecular weight is 236 g/mol. The van der Waals surface area contributed by atoms with E-state index in [1.807, 2.05) is 31.3 Å². The summed E-state index contributed by atoms with van der Waals surface area (Å²) in [6, 6.07) is 8.03. The number of para-hydroxylation sites is 2. The number of hydrogen-bond acceptors (Lipinski definition) is 4. The number of carbonyl (C=O) groups excluding carboxylic acids is 2. The Labute approximate surface area is 100 Å². The van der Waals surface area contributed by atoms with Gasteiger partial charge >= 0.3 is 5.91 Å². The van der Waals surface area contributed by atoms with E-state index in [2.05, 4.69) is 4.90 Å². The fourth-order valence-corrected chi connectivity index (χ4v) is 1.77. The van der Waals surface area contributed by atoms with E-state index >= 15 is 0 Å². The molecular weight excluding hydrogens is 220 g/mol. The first-order valence-corrected chi connectivity index (χ1v) is 5.28. The summed E-state index contributed by atoms with van der Waals surface area (Å²) >= 11 is 0. The van der Waals surface area contributed by atoms with Crippen LogP contribution in [0.5, 0.6) is 0 Å². The van der Waals surface area contributed by atoms with E-state index in [-0.39, 0.29) is 5.91 Å². The number of fused-ring (bicyclic) bond motifs is 1. The van der Waals surface area contributed by atoms with Crippen LogP contribution in [0.3, 0.4) is 0 Å². The van der Waals surface area contributed by atoms with E-state index in [0.29, 0.717) is 0 Å². The van der Waals surface area contributed by atoms with Gasteiger partial charge in [-0.15, -0.1) is 0 Å². The van der Waals surface area contributed by atoms with Crippen LogP contribution < -0.4 is 14.9 Å². The van der Waals surface area contributed by atoms with Gasteiger partial charge in [-0.1, -0.05) is 12.1 Å². The molecule has 0 spiro atoms. The molecule has 1 atom stereocenters. The van der Waals surface area contributed by atoms with Gasteiger partial charge in [0.1, 0.15) is 5.69 Å². The highest BCUT2D eigenvalue weighted by Crippen LogP contribution is 2.23. The Balaban J connectivity index is 0.000000317. The van der Waals surface area contributed by atoms with Gasteiger partial charge in [-0.2, -0.15) is 0 Å². The lowest BCUT2D eigenvalue weighted by Crippen LogP contribution is -3.09. The number of amides is 1. The van der Waals surface area contributed by atoms with Crippen molar-refractivity contribution >= 4 is 23.3 Å². The van der Waals surface area contributed by atoms with E-state index < -0.39 is 5.97 Å². The first-order valence-electron chi connectivity index (χ1n) is 5.28. The zero-order valence-electron chi connectivity index (χ0n) is 10.2. The number of carboxylic acids is 1. The number of carboxylic acid groups (broad SMARTS) is 1. The minimum atomic E-state index is -1.08. The molecule has 17 heavy (non-hydrogen) atoms. The number of carbonyl (C=O) groups is 2. The predicted molar refractivity (Wildman–Crippen MR) is 61.7 cm³/mol. The standard InChI is InChI=1S/C10H12N2O.C2H4O2/c1-8(13)12-7-11(2)9-5-3-4-6-10(9)12;1-2(3)4/h3-6H,7H2,1-2H3;1H3,(H,3,4). The van der Waals surface area contributed by atoms with Crippen LogP contribution in [0.15, 0.2) is 24.3 Å². The van der Waals surface area contributed by atoms with Gasteiger partial charge in [0.15, 0.2) is 12.4 Å². The van der Waals surface area contributed by atoms with Crippen molar-refractivity contribution in [1.29, 1.82) is 0 Å². The molecule has 0 radical (unpaired) electrons. The summed E-state index contributed by atoms with van der Waals surface area (Å²) < 4.78 is 0. The van der Waals surface area contributed by atoms with Crippen LogP contribution in [-0.2, 0) is 9.59 Å². The van der Waals surface area contributed by atoms with E-state index in [4.69, 9.17) is 9.90 Å². The molecule has 1 heterocycles. The second kappa shape index (κ2) is 5.45. The van der Waals surface area contributed by atoms with E-state index in [1.54, 1.807) is 6.92 Å². The van der Waals surface area contributed by atoms with Gasteiger partial charge in [0.25, 0.3) is 0 Å². The third-order valence-electron chi connectivity index (χ3n) is 2.46. The van der Waals surface area contributed by atoms with Gasteiger partial charge in [-0.25, -0.2) is 9.69 Å². The second-order valence-electron chi connectivity index (χ2n) is 3.90. The monoisotopic (exact) mass is 236 g/mol. The third-order valence-corrected chi connectivity index (χ3v) is 2.46. The molecular formula is C12H16N2O3. The van der Waals surface area contributed by atoms with Gasteiger partial charge in [0, 0.05) is 19.1 Å². The minimum absolute atomic E-state index is 0.178. The fraction of sp³-hybridized carbons (Fsp3) is 0.333. The lowest BCUT2D eigenvalue weighted by atomic mass is 10.2. The van der Waals surface area contributed by atoms with E-state index in [0.717, 1.165) is 29.9 Å². The number of anilines is 1. The van der Waals surface area contributed by atoms with Crippen molar-refractivity contribution in [2.45, 2.75) is 13.8 Å². The van der Waals surface area contributed by atoms with Crippen molar-refractivity contribution in [3.05, 3.63) is 24.3 Å². The molecule has 1 N–H and O–H groups in total. The van der Waals surface area contributed by atoms with Crippen molar-refractivity contribution in [3.8, 4) is 0 Å². The quantitative estimate of drug-likeness (QED) is 0.622. The molecule has 1 aliphatic rings. The van der Waals surface area contributed by atoms with Gasteiger partial charge in [0.2, 0.25) is 0 Å². The molecule has 0 aliphatic carbocycles. The lowest BCUT2D eigenvalue weighted by molar-refractivity contribution is -0.740. The lowest BCUT2D eigenvalue weighted by Gasteiger charge is -2.08. The number of benzene rings is 1. The topological polar surface area (TPSA) is 64.9 Å². The zero-order chi connectivity index (χ0) is 13.0. The van der Waals surface area contributed by atoms with Crippen LogP contribution in [-0.4, -0.2) is 25.6 Å². The summed E-state index contributed by atoms with van der Waals surface area (Å²) in [5.41, 5.74) is 2.25. The molecule has 5 nitrogen and oxygen atoms in total. The Morgan fingerprint density at radius 3 is 2.35 bits per heavy atom. The first kappa shape index (κ1) is 13.2. The maximum Gasteiger partial charge on any atom is 0.315 e. The second-order valence-corrected chi connectivity index (χ2v) is 3.90. The zero-order valence-corrected chi connectivity index (χ0v) is 10.2. The van der Waals surface area contributed by atoms with Gasteiger partial charge in [-0.3, -0.25) is 0 Å². The number of rotatable bonds is 0. The molecule has 1 aromatic rings. The van der Waals surface area contributed by atoms with Gasteiger partial charge in [0.05, 0.1) is 6.92 Å². The van der Waals surface area contributed by atoms with Crippen molar-refractivity contribution in [3.63, 3.8) is 0 Å². The first-order chi connectivity index (χ1) is 7.93. The van der Waals surface area contributed by atoms with E-state index in [9.17, 15) is 4.79 Å². The molecule has 2 rings (SSSR count). The highest BCUT2D eigenvalue weighted by atomic mass is 16.4. The summed E-state index contributed by atoms with van der Waals surface area (Å²) in [6.45, 7) is 3.35. The molecule has 5 heteroatoms. The third kappa shape index (κ3) is 3.29. The minimum Gasteiger partial charge on any atom is -0.550 e. The molecule has 0 aromatic heterocycles. The molecule has 0 saturated heterocycles. The van der Waals surface area contributed by atoms with Gasteiger partial charge in [-0.05, 0) is 13.0 Å². The Kier molecular flexibility index (Phi) is 4.23. The molecule has 1 aromatic carbocycles. The van der Waals surface area contributed by atoms with Crippen LogP contribution in [0, 0.1) is 0 Å². The molecule has 1 unspecified atom stereocenters. The Morgan fingerprint density at radius 1 is 1.29 bits per heavy atom. The number of nitrogens with one attached hydrogen (secondary N) is 1. The van der Waals surface area contributed by atoms with Crippen LogP contribution in [0.2, 0.25) is 0 Å². The predicted octanol–water partition coefficient (Wildman–Crippen LogP) is -1.09. The molecule has 1 amide bonds. The van der Waals surface area contributed by atoms with E-state index in [1.165, 1.54) is 0 Å².